The number of benzene rings is 1. The van der Waals surface area contributed by atoms with E-state index in [0.717, 1.165) is 16.6 Å². The number of aromatic nitrogens is 1. The Morgan fingerprint density at radius 2 is 2.24 bits per heavy atom. The molecule has 1 N–H and O–H groups in total. The number of carbonyl (C=O) groups excluding carboxylic acids is 1. The van der Waals surface area contributed by atoms with Crippen LogP contribution in [0.5, 0.6) is 0 Å². The summed E-state index contributed by atoms with van der Waals surface area (Å²) in [6, 6.07) is 9.60. The van der Waals surface area contributed by atoms with Crippen LogP contribution in [0.15, 0.2) is 36.5 Å². The fraction of sp³-hybridized carbons (Fsp3) is 0.231. The molecule has 17 heavy (non-hydrogen) atoms. The molecule has 4 nitrogen and oxygen atoms in total. The van der Waals surface area contributed by atoms with Crippen LogP contribution in [0.1, 0.15) is 6.92 Å². The van der Waals surface area contributed by atoms with Crippen molar-refractivity contribution in [1.29, 1.82) is 0 Å². The first kappa shape index (κ1) is 11.4. The van der Waals surface area contributed by atoms with Crippen LogP contribution in [0, 0.1) is 0 Å². The van der Waals surface area contributed by atoms with E-state index in [2.05, 4.69) is 10.3 Å². The molecule has 1 aromatic carbocycles. The maximum absolute atomic E-state index is 11.3. The monoisotopic (exact) mass is 230 g/mol. The van der Waals surface area contributed by atoms with Gasteiger partial charge in [0.15, 0.2) is 0 Å². The highest BCUT2D eigenvalue weighted by molar-refractivity contribution is 5.92. The van der Waals surface area contributed by atoms with Gasteiger partial charge in [-0.2, -0.15) is 0 Å². The number of nitrogens with one attached hydrogen (secondary N) is 1. The van der Waals surface area contributed by atoms with Crippen LogP contribution in [-0.4, -0.2) is 24.1 Å². The van der Waals surface area contributed by atoms with Crippen LogP contribution in [-0.2, 0) is 9.53 Å². The fourth-order valence-corrected chi connectivity index (χ4v) is 1.64. The molecule has 0 atom stereocenters. The number of rotatable bonds is 4. The van der Waals surface area contributed by atoms with Gasteiger partial charge in [-0.25, -0.2) is 0 Å². The molecule has 0 unspecified atom stereocenters. The van der Waals surface area contributed by atoms with Crippen molar-refractivity contribution in [2.45, 2.75) is 6.92 Å². The molecule has 0 radical (unpaired) electrons. The van der Waals surface area contributed by atoms with E-state index in [4.69, 9.17) is 4.74 Å². The molecule has 2 aromatic rings. The number of carbonyl (C=O) groups is 1. The van der Waals surface area contributed by atoms with Crippen LogP contribution in [0.2, 0.25) is 0 Å². The standard InChI is InChI=1S/C13H14N2O2/c1-2-17-13(16)9-15-12-7-3-6-11-10(12)5-4-8-14-11/h3-8,15H,2,9H2,1H3. The minimum atomic E-state index is -0.256. The Balaban J connectivity index is 2.16. The smallest absolute Gasteiger partial charge is 0.325 e. The number of ether oxygens (including phenoxy) is 1. The van der Waals surface area contributed by atoms with Gasteiger partial charge < -0.3 is 10.1 Å². The maximum Gasteiger partial charge on any atom is 0.325 e. The molecule has 4 heteroatoms. The van der Waals surface area contributed by atoms with Crippen LogP contribution in [0.3, 0.4) is 0 Å². The number of pyridine rings is 1. The van der Waals surface area contributed by atoms with Gasteiger partial charge in [-0.1, -0.05) is 6.07 Å². The molecule has 0 amide bonds. The van der Waals surface area contributed by atoms with Crippen LogP contribution in [0.25, 0.3) is 10.9 Å². The zero-order chi connectivity index (χ0) is 12.1. The molecular formula is C13H14N2O2. The Kier molecular flexibility index (Phi) is 3.55. The topological polar surface area (TPSA) is 51.2 Å². The lowest BCUT2D eigenvalue weighted by Gasteiger charge is -2.08. The first-order chi connectivity index (χ1) is 8.31. The van der Waals surface area contributed by atoms with Crippen LogP contribution in [0.4, 0.5) is 5.69 Å². The van der Waals surface area contributed by atoms with Crippen molar-refractivity contribution >= 4 is 22.6 Å². The van der Waals surface area contributed by atoms with Crippen molar-refractivity contribution in [3.63, 3.8) is 0 Å². The fourth-order valence-electron chi connectivity index (χ4n) is 1.64. The van der Waals surface area contributed by atoms with E-state index in [9.17, 15) is 4.79 Å². The van der Waals surface area contributed by atoms with Crippen molar-refractivity contribution < 1.29 is 9.53 Å². The molecule has 88 valence electrons. The third-order valence-corrected chi connectivity index (χ3v) is 2.37. The molecule has 1 aromatic heterocycles. The Bertz CT molecular complexity index is 520. The van der Waals surface area contributed by atoms with E-state index in [1.54, 1.807) is 13.1 Å². The van der Waals surface area contributed by atoms with Gasteiger partial charge >= 0.3 is 5.97 Å². The highest BCUT2D eigenvalue weighted by atomic mass is 16.5. The average molecular weight is 230 g/mol. The van der Waals surface area contributed by atoms with Gasteiger partial charge in [0, 0.05) is 17.3 Å². The normalized spacial score (nSPS) is 10.2. The van der Waals surface area contributed by atoms with Gasteiger partial charge in [-0.3, -0.25) is 9.78 Å². The molecule has 0 fully saturated rings. The molecule has 2 rings (SSSR count). The lowest BCUT2D eigenvalue weighted by Crippen LogP contribution is -2.16. The zero-order valence-corrected chi connectivity index (χ0v) is 9.64. The lowest BCUT2D eigenvalue weighted by molar-refractivity contribution is -0.140. The number of esters is 1. The minimum Gasteiger partial charge on any atom is -0.465 e. The van der Waals surface area contributed by atoms with E-state index < -0.39 is 0 Å². The summed E-state index contributed by atoms with van der Waals surface area (Å²) in [6.07, 6.45) is 1.75. The second-order valence-electron chi connectivity index (χ2n) is 3.53. The molecule has 0 aliphatic rings. The van der Waals surface area contributed by atoms with Gasteiger partial charge in [-0.15, -0.1) is 0 Å². The Morgan fingerprint density at radius 1 is 1.35 bits per heavy atom. The second-order valence-corrected chi connectivity index (χ2v) is 3.53. The number of hydrogen-bond acceptors (Lipinski definition) is 4. The quantitative estimate of drug-likeness (QED) is 0.818. The van der Waals surface area contributed by atoms with Gasteiger partial charge in [0.25, 0.3) is 0 Å². The van der Waals surface area contributed by atoms with Gasteiger partial charge in [0.2, 0.25) is 0 Å². The molecule has 0 aliphatic carbocycles. The summed E-state index contributed by atoms with van der Waals surface area (Å²) in [6.45, 7) is 2.36. The number of nitrogens with zero attached hydrogens (tertiary/aromatic N) is 1. The van der Waals surface area contributed by atoms with Crippen molar-refractivity contribution in [2.24, 2.45) is 0 Å². The molecular weight excluding hydrogens is 216 g/mol. The molecule has 0 saturated heterocycles. The molecule has 0 saturated carbocycles. The average Bonchev–Trinajstić information content (AvgIpc) is 2.36. The van der Waals surface area contributed by atoms with E-state index in [0.29, 0.717) is 6.61 Å². The molecule has 0 bridgehead atoms. The first-order valence-corrected chi connectivity index (χ1v) is 5.54. The third-order valence-electron chi connectivity index (χ3n) is 2.37. The van der Waals surface area contributed by atoms with Crippen LogP contribution < -0.4 is 5.32 Å². The summed E-state index contributed by atoms with van der Waals surface area (Å²) in [7, 11) is 0. The maximum atomic E-state index is 11.3. The van der Waals surface area contributed by atoms with E-state index >= 15 is 0 Å². The third kappa shape index (κ3) is 2.72. The van der Waals surface area contributed by atoms with E-state index in [1.165, 1.54) is 0 Å². The van der Waals surface area contributed by atoms with E-state index in [1.807, 2.05) is 30.3 Å². The van der Waals surface area contributed by atoms with Gasteiger partial charge in [0.1, 0.15) is 6.54 Å². The second kappa shape index (κ2) is 5.30. The SMILES string of the molecule is CCOC(=O)CNc1cccc2ncccc12. The summed E-state index contributed by atoms with van der Waals surface area (Å²) in [5.74, 6) is -0.256. The lowest BCUT2D eigenvalue weighted by atomic mass is 10.2. The Labute approximate surface area is 99.6 Å². The predicted octanol–water partition coefficient (Wildman–Crippen LogP) is 2.21. The van der Waals surface area contributed by atoms with Gasteiger partial charge in [0.05, 0.1) is 12.1 Å². The Hall–Kier alpha value is -2.10. The highest BCUT2D eigenvalue weighted by Gasteiger charge is 2.04. The summed E-state index contributed by atoms with van der Waals surface area (Å²) >= 11 is 0. The van der Waals surface area contributed by atoms with Gasteiger partial charge in [-0.05, 0) is 31.2 Å². The van der Waals surface area contributed by atoms with Crippen molar-refractivity contribution in [3.8, 4) is 0 Å². The Morgan fingerprint density at radius 3 is 3.06 bits per heavy atom. The number of hydrogen-bond donors (Lipinski definition) is 1. The molecule has 0 aliphatic heterocycles. The first-order valence-electron chi connectivity index (χ1n) is 5.54. The molecule has 1 heterocycles. The van der Waals surface area contributed by atoms with Crippen molar-refractivity contribution in [1.82, 2.24) is 4.98 Å². The number of fused-ring (bicyclic) bond motifs is 1. The number of anilines is 1. The minimum absolute atomic E-state index is 0.168. The van der Waals surface area contributed by atoms with Crippen molar-refractivity contribution in [2.75, 3.05) is 18.5 Å². The van der Waals surface area contributed by atoms with Crippen molar-refractivity contribution in [3.05, 3.63) is 36.5 Å². The summed E-state index contributed by atoms with van der Waals surface area (Å²) < 4.78 is 4.86. The molecule has 0 spiro atoms. The van der Waals surface area contributed by atoms with E-state index in [-0.39, 0.29) is 12.5 Å². The largest absolute Gasteiger partial charge is 0.465 e. The zero-order valence-electron chi connectivity index (χ0n) is 9.64. The summed E-state index contributed by atoms with van der Waals surface area (Å²) in [5.41, 5.74) is 1.80. The predicted molar refractivity (Wildman–Crippen MR) is 66.9 cm³/mol. The summed E-state index contributed by atoms with van der Waals surface area (Å²) in [4.78, 5) is 15.5. The van der Waals surface area contributed by atoms with Crippen LogP contribution >= 0.6 is 0 Å². The highest BCUT2D eigenvalue weighted by Crippen LogP contribution is 2.20. The summed E-state index contributed by atoms with van der Waals surface area (Å²) in [5, 5.41) is 4.06.